The first kappa shape index (κ1) is 20.4. The zero-order chi connectivity index (χ0) is 19.5. The van der Waals surface area contributed by atoms with Gasteiger partial charge in [0, 0.05) is 25.3 Å². The van der Waals surface area contributed by atoms with Crippen LogP contribution >= 0.6 is 0 Å². The molecule has 0 bridgehead atoms. The van der Waals surface area contributed by atoms with Crippen molar-refractivity contribution < 1.29 is 23.8 Å². The Balaban J connectivity index is 0.000000758. The van der Waals surface area contributed by atoms with E-state index >= 15 is 0 Å². The molecule has 5 nitrogen and oxygen atoms in total. The molecule has 1 saturated carbocycles. The van der Waals surface area contributed by atoms with Gasteiger partial charge in [0.1, 0.15) is 11.5 Å². The molecule has 0 radical (unpaired) electrons. The summed E-state index contributed by atoms with van der Waals surface area (Å²) < 4.78 is 16.7. The fraction of sp³-hybridized carbons (Fsp3) is 0.619. The van der Waals surface area contributed by atoms with Crippen molar-refractivity contribution in [3.8, 4) is 11.5 Å². The number of fused-ring (bicyclic) bond motifs is 1. The van der Waals surface area contributed by atoms with Crippen molar-refractivity contribution in [2.75, 3.05) is 0 Å². The van der Waals surface area contributed by atoms with E-state index in [-0.39, 0.29) is 29.6 Å². The molecule has 1 aliphatic carbocycles. The third kappa shape index (κ3) is 4.64. The number of aryl methyl sites for hydroxylation is 1. The number of hydrogen-bond donors (Lipinski definition) is 0. The van der Waals surface area contributed by atoms with Gasteiger partial charge < -0.3 is 14.2 Å². The summed E-state index contributed by atoms with van der Waals surface area (Å²) in [6.45, 7) is 11.0. The van der Waals surface area contributed by atoms with Crippen molar-refractivity contribution in [2.45, 2.75) is 84.8 Å². The van der Waals surface area contributed by atoms with E-state index in [1.165, 1.54) is 20.3 Å². The van der Waals surface area contributed by atoms with E-state index in [9.17, 15) is 9.59 Å². The average Bonchev–Trinajstić information content (AvgIpc) is 3.18. The lowest BCUT2D eigenvalue weighted by Crippen LogP contribution is -2.23. The fourth-order valence-corrected chi connectivity index (χ4v) is 3.66. The second-order valence-electron chi connectivity index (χ2n) is 7.42. The lowest BCUT2D eigenvalue weighted by Gasteiger charge is -2.26. The molecule has 0 spiro atoms. The Kier molecular flexibility index (Phi) is 6.45. The lowest BCUT2D eigenvalue weighted by atomic mass is 9.78. The molecule has 1 heterocycles. The Hall–Kier alpha value is -1.88. The normalized spacial score (nSPS) is 26.1. The van der Waals surface area contributed by atoms with Gasteiger partial charge in [0.25, 0.3) is 0 Å². The molecule has 0 aromatic heterocycles. The quantitative estimate of drug-likeness (QED) is 0.443. The molecule has 3 atom stereocenters. The third-order valence-electron chi connectivity index (χ3n) is 4.62. The van der Waals surface area contributed by atoms with Crippen molar-refractivity contribution in [3.05, 3.63) is 23.3 Å². The molecule has 1 aliphatic heterocycles. The summed E-state index contributed by atoms with van der Waals surface area (Å²) in [5.74, 6) is 0.233. The largest absolute Gasteiger partial charge is 0.426 e. The van der Waals surface area contributed by atoms with E-state index in [1.807, 2.05) is 19.1 Å². The summed E-state index contributed by atoms with van der Waals surface area (Å²) in [7, 11) is 0. The highest BCUT2D eigenvalue weighted by Crippen LogP contribution is 2.57. The van der Waals surface area contributed by atoms with Crippen LogP contribution in [-0.4, -0.2) is 23.6 Å². The predicted octanol–water partition coefficient (Wildman–Crippen LogP) is 4.69. The maximum atomic E-state index is 11.5. The Labute approximate surface area is 156 Å². The standard InChI is InChI=1S/C18H22O5.C3H8/c1-10-8-14(21-11(2)19)16(15(9-10)22-12(3)20)13-6-5-7-18(4)17(13)23-18;1-3-2/h8-9,13,17H,5-7H2,1-4H3;3H2,1-2H3. The third-order valence-corrected chi connectivity index (χ3v) is 4.62. The SMILES string of the molecule is CC(=O)Oc1cc(C)cc(OC(C)=O)c1C1CCCC2(C)OC12.CCC. The van der Waals surface area contributed by atoms with Gasteiger partial charge in [-0.3, -0.25) is 9.59 Å². The van der Waals surface area contributed by atoms with Gasteiger partial charge in [-0.1, -0.05) is 20.3 Å². The molecule has 1 saturated heterocycles. The first-order valence-electron chi connectivity index (χ1n) is 9.41. The number of benzene rings is 1. The van der Waals surface area contributed by atoms with Crippen LogP contribution in [0.15, 0.2) is 12.1 Å². The summed E-state index contributed by atoms with van der Waals surface area (Å²) >= 11 is 0. The Bertz CT molecular complexity index is 644. The summed E-state index contributed by atoms with van der Waals surface area (Å²) in [6, 6.07) is 3.64. The van der Waals surface area contributed by atoms with Crippen LogP contribution in [0.2, 0.25) is 0 Å². The van der Waals surface area contributed by atoms with Crippen molar-refractivity contribution in [2.24, 2.45) is 0 Å². The van der Waals surface area contributed by atoms with Gasteiger partial charge in [-0.15, -0.1) is 0 Å². The summed E-state index contributed by atoms with van der Waals surface area (Å²) in [5.41, 5.74) is 1.54. The van der Waals surface area contributed by atoms with Crippen molar-refractivity contribution in [1.82, 2.24) is 0 Å². The molecule has 5 heteroatoms. The molecule has 2 aliphatic rings. The molecular weight excluding hydrogens is 332 g/mol. The van der Waals surface area contributed by atoms with Gasteiger partial charge in [0.2, 0.25) is 0 Å². The maximum absolute atomic E-state index is 11.5. The molecule has 3 unspecified atom stereocenters. The first-order chi connectivity index (χ1) is 12.2. The molecule has 144 valence electrons. The van der Waals surface area contributed by atoms with Gasteiger partial charge in [-0.05, 0) is 50.8 Å². The van der Waals surface area contributed by atoms with E-state index in [0.717, 1.165) is 30.4 Å². The first-order valence-corrected chi connectivity index (χ1v) is 9.41. The summed E-state index contributed by atoms with van der Waals surface area (Å²) in [4.78, 5) is 23.0. The molecule has 0 amide bonds. The van der Waals surface area contributed by atoms with Crippen molar-refractivity contribution in [3.63, 3.8) is 0 Å². The second kappa shape index (κ2) is 8.21. The minimum Gasteiger partial charge on any atom is -0.426 e. The molecule has 0 N–H and O–H groups in total. The Morgan fingerprint density at radius 3 is 2.12 bits per heavy atom. The minimum absolute atomic E-state index is 0.0676. The van der Waals surface area contributed by atoms with Crippen molar-refractivity contribution >= 4 is 11.9 Å². The van der Waals surface area contributed by atoms with Crippen LogP contribution in [0.5, 0.6) is 11.5 Å². The Morgan fingerprint density at radius 2 is 1.65 bits per heavy atom. The summed E-state index contributed by atoms with van der Waals surface area (Å²) in [6.07, 6.45) is 4.32. The highest BCUT2D eigenvalue weighted by atomic mass is 16.6. The number of ether oxygens (including phenoxy) is 3. The molecule has 3 rings (SSSR count). The molecule has 26 heavy (non-hydrogen) atoms. The van der Waals surface area contributed by atoms with Crippen LogP contribution < -0.4 is 9.47 Å². The van der Waals surface area contributed by atoms with E-state index in [1.54, 1.807) is 0 Å². The predicted molar refractivity (Wildman–Crippen MR) is 99.6 cm³/mol. The average molecular weight is 362 g/mol. The van der Waals surface area contributed by atoms with Crippen molar-refractivity contribution in [1.29, 1.82) is 0 Å². The zero-order valence-electron chi connectivity index (χ0n) is 16.7. The number of carbonyl (C=O) groups is 2. The van der Waals surface area contributed by atoms with Crippen LogP contribution in [0.1, 0.15) is 77.3 Å². The van der Waals surface area contributed by atoms with E-state index in [4.69, 9.17) is 14.2 Å². The minimum atomic E-state index is -0.388. The van der Waals surface area contributed by atoms with Crippen LogP contribution in [0.3, 0.4) is 0 Å². The van der Waals surface area contributed by atoms with Crippen LogP contribution in [0, 0.1) is 6.92 Å². The van der Waals surface area contributed by atoms with Gasteiger partial charge in [-0.25, -0.2) is 0 Å². The van der Waals surface area contributed by atoms with Crippen LogP contribution in [-0.2, 0) is 14.3 Å². The topological polar surface area (TPSA) is 65.1 Å². The zero-order valence-corrected chi connectivity index (χ0v) is 16.7. The van der Waals surface area contributed by atoms with Gasteiger partial charge in [0.15, 0.2) is 0 Å². The van der Waals surface area contributed by atoms with Crippen LogP contribution in [0.25, 0.3) is 0 Å². The Morgan fingerprint density at radius 1 is 1.15 bits per heavy atom. The number of hydrogen-bond acceptors (Lipinski definition) is 5. The molecule has 2 fully saturated rings. The highest BCUT2D eigenvalue weighted by molar-refractivity contribution is 5.73. The van der Waals surface area contributed by atoms with Gasteiger partial charge in [0.05, 0.1) is 11.7 Å². The van der Waals surface area contributed by atoms with E-state index in [0.29, 0.717) is 11.5 Å². The molecular formula is C21H30O5. The summed E-state index contributed by atoms with van der Waals surface area (Å²) in [5, 5.41) is 0. The van der Waals surface area contributed by atoms with Crippen LogP contribution in [0.4, 0.5) is 0 Å². The van der Waals surface area contributed by atoms with Gasteiger partial charge >= 0.3 is 11.9 Å². The fourth-order valence-electron chi connectivity index (χ4n) is 3.66. The number of rotatable bonds is 3. The molecule has 1 aromatic carbocycles. The number of carbonyl (C=O) groups excluding carboxylic acids is 2. The second-order valence-corrected chi connectivity index (χ2v) is 7.42. The monoisotopic (exact) mass is 362 g/mol. The van der Waals surface area contributed by atoms with E-state index < -0.39 is 0 Å². The lowest BCUT2D eigenvalue weighted by molar-refractivity contribution is -0.132. The smallest absolute Gasteiger partial charge is 0.308 e. The highest BCUT2D eigenvalue weighted by Gasteiger charge is 2.59. The molecule has 1 aromatic rings. The number of epoxide rings is 1. The number of esters is 2. The maximum Gasteiger partial charge on any atom is 0.308 e. The van der Waals surface area contributed by atoms with Gasteiger partial charge in [-0.2, -0.15) is 0 Å². The van der Waals surface area contributed by atoms with E-state index in [2.05, 4.69) is 20.8 Å².